The largest absolute Gasteiger partial charge is 0.496 e. The Kier molecular flexibility index (Phi) is 6.11. The zero-order valence-corrected chi connectivity index (χ0v) is 11.3. The Morgan fingerprint density at radius 3 is 2.89 bits per heavy atom. The van der Waals surface area contributed by atoms with Gasteiger partial charge in [0, 0.05) is 6.20 Å². The van der Waals surface area contributed by atoms with Crippen LogP contribution in [0.5, 0.6) is 5.75 Å². The summed E-state index contributed by atoms with van der Waals surface area (Å²) < 4.78 is 5.30. The van der Waals surface area contributed by atoms with E-state index in [1.165, 1.54) is 0 Å². The molecule has 0 saturated heterocycles. The molecular weight excluding hydrogens is 236 g/mol. The Labute approximate surface area is 114 Å². The smallest absolute Gasteiger partial charge is 0.122 e. The van der Waals surface area contributed by atoms with Gasteiger partial charge in [0.1, 0.15) is 5.75 Å². The molecule has 1 rings (SSSR count). The van der Waals surface area contributed by atoms with E-state index in [1.54, 1.807) is 19.4 Å². The number of hydrogen-bond donors (Lipinski definition) is 0. The molecule has 0 bridgehead atoms. The molecular formula is C16H18N2O. The molecule has 98 valence electrons. The summed E-state index contributed by atoms with van der Waals surface area (Å²) in [6.45, 7) is 5.31. The van der Waals surface area contributed by atoms with Crippen LogP contribution in [0.25, 0.3) is 0 Å². The third-order valence-electron chi connectivity index (χ3n) is 2.87. The zero-order chi connectivity index (χ0) is 14.1. The summed E-state index contributed by atoms with van der Waals surface area (Å²) in [5, 5.41) is 9.29. The molecule has 1 atom stereocenters. The van der Waals surface area contributed by atoms with Crippen molar-refractivity contribution in [1.82, 2.24) is 0 Å². The summed E-state index contributed by atoms with van der Waals surface area (Å²) in [6.07, 6.45) is 5.91. The quantitative estimate of drug-likeness (QED) is 0.575. The van der Waals surface area contributed by atoms with Gasteiger partial charge in [-0.1, -0.05) is 29.8 Å². The van der Waals surface area contributed by atoms with Gasteiger partial charge in [-0.05, 0) is 37.8 Å². The first-order valence-electron chi connectivity index (χ1n) is 6.03. The van der Waals surface area contributed by atoms with Crippen LogP contribution in [0.3, 0.4) is 0 Å². The van der Waals surface area contributed by atoms with Crippen molar-refractivity contribution in [3.63, 3.8) is 0 Å². The fourth-order valence-electron chi connectivity index (χ4n) is 1.77. The average Bonchev–Trinajstić information content (AvgIpc) is 2.45. The Bertz CT molecular complexity index is 524. The number of nitrogens with zero attached hydrogens (tertiary/aromatic N) is 2. The highest BCUT2D eigenvalue weighted by molar-refractivity contribution is 5.35. The summed E-state index contributed by atoms with van der Waals surface area (Å²) in [6, 6.07) is 10.1. The molecule has 3 nitrogen and oxygen atoms in total. The van der Waals surface area contributed by atoms with Crippen LogP contribution >= 0.6 is 0 Å². The lowest BCUT2D eigenvalue weighted by molar-refractivity contribution is 0.408. The van der Waals surface area contributed by atoms with Crippen LogP contribution in [0.15, 0.2) is 53.2 Å². The Balaban J connectivity index is 2.88. The predicted molar refractivity (Wildman–Crippen MR) is 78.2 cm³/mol. The van der Waals surface area contributed by atoms with Crippen molar-refractivity contribution in [2.75, 3.05) is 7.11 Å². The summed E-state index contributed by atoms with van der Waals surface area (Å²) in [5.41, 5.74) is 2.03. The van der Waals surface area contributed by atoms with E-state index in [2.05, 4.69) is 17.8 Å². The lowest BCUT2D eigenvalue weighted by Gasteiger charge is -2.12. The molecule has 0 fully saturated rings. The van der Waals surface area contributed by atoms with Crippen LogP contribution < -0.4 is 4.74 Å². The first-order valence-corrected chi connectivity index (χ1v) is 6.03. The molecule has 0 saturated carbocycles. The molecule has 19 heavy (non-hydrogen) atoms. The molecule has 0 spiro atoms. The van der Waals surface area contributed by atoms with Gasteiger partial charge in [-0.3, -0.25) is 4.99 Å². The molecule has 0 aliphatic rings. The van der Waals surface area contributed by atoms with E-state index in [1.807, 2.05) is 37.3 Å². The summed E-state index contributed by atoms with van der Waals surface area (Å²) in [7, 11) is 1.64. The third-order valence-corrected chi connectivity index (χ3v) is 2.87. The molecule has 0 heterocycles. The topological polar surface area (TPSA) is 45.4 Å². The van der Waals surface area contributed by atoms with E-state index in [4.69, 9.17) is 4.74 Å². The van der Waals surface area contributed by atoms with Crippen molar-refractivity contribution in [2.45, 2.75) is 13.3 Å². The number of nitriles is 1. The minimum absolute atomic E-state index is 0.175. The van der Waals surface area contributed by atoms with Gasteiger partial charge in [0.2, 0.25) is 0 Å². The molecule has 1 unspecified atom stereocenters. The van der Waals surface area contributed by atoms with Crippen molar-refractivity contribution in [3.05, 3.63) is 53.8 Å². The minimum Gasteiger partial charge on any atom is -0.496 e. The number of para-hydroxylation sites is 1. The van der Waals surface area contributed by atoms with Crippen LogP contribution in [-0.4, -0.2) is 13.8 Å². The van der Waals surface area contributed by atoms with Crippen molar-refractivity contribution in [2.24, 2.45) is 10.9 Å². The van der Waals surface area contributed by atoms with E-state index in [-0.39, 0.29) is 5.92 Å². The standard InChI is InChI=1S/C16H18N2O/c1-13(7-6-10-18-2)15(12-17)11-14-8-4-5-9-16(14)19-3/h4-10,15H,2,11H2,1,3H3/b10-6-,13-7+. The molecule has 1 aromatic carbocycles. The lowest BCUT2D eigenvalue weighted by Crippen LogP contribution is -2.05. The van der Waals surface area contributed by atoms with Crippen molar-refractivity contribution in [1.29, 1.82) is 5.26 Å². The number of benzene rings is 1. The predicted octanol–water partition coefficient (Wildman–Crippen LogP) is 3.54. The Morgan fingerprint density at radius 1 is 1.53 bits per heavy atom. The van der Waals surface area contributed by atoms with Crippen LogP contribution in [0.2, 0.25) is 0 Å². The Morgan fingerprint density at radius 2 is 2.26 bits per heavy atom. The van der Waals surface area contributed by atoms with Gasteiger partial charge >= 0.3 is 0 Å². The van der Waals surface area contributed by atoms with Gasteiger partial charge in [0.05, 0.1) is 19.1 Å². The van der Waals surface area contributed by atoms with Crippen LogP contribution in [-0.2, 0) is 6.42 Å². The maximum Gasteiger partial charge on any atom is 0.122 e. The lowest BCUT2D eigenvalue weighted by atomic mass is 9.93. The number of aliphatic imine (C=N–C) groups is 1. The summed E-state index contributed by atoms with van der Waals surface area (Å²) in [4.78, 5) is 3.63. The number of rotatable bonds is 6. The first kappa shape index (κ1) is 14.7. The highest BCUT2D eigenvalue weighted by Gasteiger charge is 2.13. The van der Waals surface area contributed by atoms with Gasteiger partial charge < -0.3 is 4.74 Å². The van der Waals surface area contributed by atoms with Gasteiger partial charge in [-0.15, -0.1) is 0 Å². The summed E-state index contributed by atoms with van der Waals surface area (Å²) >= 11 is 0. The van der Waals surface area contributed by atoms with Crippen LogP contribution in [0.1, 0.15) is 12.5 Å². The third kappa shape index (κ3) is 4.44. The van der Waals surface area contributed by atoms with E-state index in [0.29, 0.717) is 6.42 Å². The molecule has 0 aliphatic heterocycles. The monoisotopic (exact) mass is 254 g/mol. The van der Waals surface area contributed by atoms with Crippen molar-refractivity contribution in [3.8, 4) is 11.8 Å². The van der Waals surface area contributed by atoms with Crippen LogP contribution in [0, 0.1) is 17.2 Å². The second-order valence-electron chi connectivity index (χ2n) is 4.13. The highest BCUT2D eigenvalue weighted by atomic mass is 16.5. The molecule has 0 N–H and O–H groups in total. The minimum atomic E-state index is -0.175. The first-order chi connectivity index (χ1) is 9.22. The van der Waals surface area contributed by atoms with Gasteiger partial charge in [-0.25, -0.2) is 0 Å². The molecule has 0 aliphatic carbocycles. The van der Waals surface area contributed by atoms with Crippen molar-refractivity contribution < 1.29 is 4.74 Å². The Hall–Kier alpha value is -2.34. The SMILES string of the molecule is C=N/C=C\C=C(/C)C(C#N)Cc1ccccc1OC. The molecule has 1 aromatic rings. The number of methoxy groups -OCH3 is 1. The van der Waals surface area contributed by atoms with Crippen molar-refractivity contribution >= 4 is 6.72 Å². The van der Waals surface area contributed by atoms with Crippen LogP contribution in [0.4, 0.5) is 0 Å². The second-order valence-corrected chi connectivity index (χ2v) is 4.13. The molecule has 3 heteroatoms. The number of ether oxygens (including phenoxy) is 1. The molecule has 0 radical (unpaired) electrons. The molecule has 0 amide bonds. The maximum absolute atomic E-state index is 9.29. The second kappa shape index (κ2) is 7.88. The maximum atomic E-state index is 9.29. The number of hydrogen-bond acceptors (Lipinski definition) is 3. The van der Waals surface area contributed by atoms with Gasteiger partial charge in [-0.2, -0.15) is 5.26 Å². The van der Waals surface area contributed by atoms with E-state index >= 15 is 0 Å². The normalized spacial score (nSPS) is 13.0. The highest BCUT2D eigenvalue weighted by Crippen LogP contribution is 2.23. The zero-order valence-electron chi connectivity index (χ0n) is 11.3. The molecule has 0 aromatic heterocycles. The fraction of sp³-hybridized carbons (Fsp3) is 0.250. The van der Waals surface area contributed by atoms with Gasteiger partial charge in [0.15, 0.2) is 0 Å². The van der Waals surface area contributed by atoms with E-state index < -0.39 is 0 Å². The van der Waals surface area contributed by atoms with E-state index in [0.717, 1.165) is 16.9 Å². The number of allylic oxidation sites excluding steroid dienone is 3. The summed E-state index contributed by atoms with van der Waals surface area (Å²) in [5.74, 6) is 0.643. The fourth-order valence-corrected chi connectivity index (χ4v) is 1.77. The average molecular weight is 254 g/mol. The van der Waals surface area contributed by atoms with Gasteiger partial charge in [0.25, 0.3) is 0 Å². The van der Waals surface area contributed by atoms with E-state index in [9.17, 15) is 5.26 Å².